The van der Waals surface area contributed by atoms with Crippen LogP contribution in [0, 0.1) is 0 Å². The Hall–Kier alpha value is -1.30. The smallest absolute Gasteiger partial charge is 0.305 e. The van der Waals surface area contributed by atoms with E-state index in [1.54, 1.807) is 6.07 Å². The van der Waals surface area contributed by atoms with Crippen LogP contribution >= 0.6 is 11.8 Å². The first-order valence-electron chi connectivity index (χ1n) is 8.70. The first-order chi connectivity index (χ1) is 11.2. The normalized spacial score (nSPS) is 11.7. The van der Waals surface area contributed by atoms with Gasteiger partial charge in [-0.2, -0.15) is 0 Å². The largest absolute Gasteiger partial charge is 0.494 e. The number of esters is 1. The summed E-state index contributed by atoms with van der Waals surface area (Å²) in [7, 11) is 0. The second-order valence-electron chi connectivity index (χ2n) is 6.94. The molecular formula is C18H31NO4S. The summed E-state index contributed by atoms with van der Waals surface area (Å²) in [6.45, 7) is 9.29. The molecule has 1 heterocycles. The minimum Gasteiger partial charge on any atom is -0.494 e. The van der Waals surface area contributed by atoms with Gasteiger partial charge in [0.15, 0.2) is 5.88 Å². The third kappa shape index (κ3) is 7.51. The van der Waals surface area contributed by atoms with Crippen molar-refractivity contribution >= 4 is 17.7 Å². The number of unbranched alkanes of at least 4 members (excludes halogenated alkanes) is 3. The van der Waals surface area contributed by atoms with Crippen molar-refractivity contribution in [1.29, 1.82) is 0 Å². The molecule has 0 aliphatic heterocycles. The van der Waals surface area contributed by atoms with E-state index in [9.17, 15) is 15.0 Å². The Labute approximate surface area is 149 Å². The number of aromatic hydroxyl groups is 2. The fourth-order valence-corrected chi connectivity index (χ4v) is 3.27. The van der Waals surface area contributed by atoms with E-state index in [1.807, 2.05) is 0 Å². The Morgan fingerprint density at radius 3 is 2.54 bits per heavy atom. The van der Waals surface area contributed by atoms with E-state index >= 15 is 0 Å². The number of aromatic nitrogens is 1. The average molecular weight is 358 g/mol. The zero-order valence-electron chi connectivity index (χ0n) is 15.3. The molecule has 0 fully saturated rings. The quantitative estimate of drug-likeness (QED) is 0.361. The SMILES string of the molecule is CCCCOC(=O)CCCCCn1c(O)cc(SC(C)(C)C)c1O. The molecule has 0 atom stereocenters. The van der Waals surface area contributed by atoms with E-state index < -0.39 is 0 Å². The molecule has 2 N–H and O–H groups in total. The standard InChI is InChI=1S/C18H31NO4S/c1-5-6-12-23-16(21)10-8-7-9-11-19-15(20)13-14(17(19)22)24-18(2,3)4/h13,20,22H,5-12H2,1-4H3. The van der Waals surface area contributed by atoms with Gasteiger partial charge in [-0.15, -0.1) is 11.8 Å². The maximum atomic E-state index is 11.5. The van der Waals surface area contributed by atoms with Crippen LogP contribution in [0.2, 0.25) is 0 Å². The predicted octanol–water partition coefficient (Wildman–Crippen LogP) is 4.69. The van der Waals surface area contributed by atoms with Gasteiger partial charge in [-0.25, -0.2) is 0 Å². The van der Waals surface area contributed by atoms with E-state index in [2.05, 4.69) is 27.7 Å². The lowest BCUT2D eigenvalue weighted by Gasteiger charge is -2.16. The van der Waals surface area contributed by atoms with Gasteiger partial charge in [0.05, 0.1) is 11.5 Å². The molecule has 0 aromatic carbocycles. The molecule has 0 saturated carbocycles. The Morgan fingerprint density at radius 1 is 1.21 bits per heavy atom. The monoisotopic (exact) mass is 357 g/mol. The number of carbonyl (C=O) groups is 1. The Bertz CT molecular complexity index is 520. The lowest BCUT2D eigenvalue weighted by atomic mass is 10.2. The summed E-state index contributed by atoms with van der Waals surface area (Å²) in [5.41, 5.74) is 0. The number of hydrogen-bond acceptors (Lipinski definition) is 5. The van der Waals surface area contributed by atoms with Crippen molar-refractivity contribution in [3.05, 3.63) is 6.07 Å². The van der Waals surface area contributed by atoms with Gasteiger partial charge in [-0.1, -0.05) is 40.5 Å². The molecule has 5 nitrogen and oxygen atoms in total. The van der Waals surface area contributed by atoms with Crippen LogP contribution in [0.15, 0.2) is 11.0 Å². The number of hydrogen-bond donors (Lipinski definition) is 2. The van der Waals surface area contributed by atoms with Crippen LogP contribution in [-0.2, 0) is 16.1 Å². The van der Waals surface area contributed by atoms with Crippen LogP contribution < -0.4 is 0 Å². The lowest BCUT2D eigenvalue weighted by Crippen LogP contribution is -2.06. The van der Waals surface area contributed by atoms with Gasteiger partial charge in [-0.05, 0) is 19.3 Å². The van der Waals surface area contributed by atoms with E-state index in [1.165, 1.54) is 16.3 Å². The molecule has 1 rings (SSSR count). The van der Waals surface area contributed by atoms with Gasteiger partial charge in [-0.3, -0.25) is 9.36 Å². The van der Waals surface area contributed by atoms with Gasteiger partial charge in [0.25, 0.3) is 0 Å². The van der Waals surface area contributed by atoms with Gasteiger partial charge in [0.1, 0.15) is 0 Å². The summed E-state index contributed by atoms with van der Waals surface area (Å²) in [4.78, 5) is 12.2. The molecule has 0 saturated heterocycles. The van der Waals surface area contributed by atoms with Crippen LogP contribution in [0.1, 0.15) is 66.2 Å². The Balaban J connectivity index is 2.34. The third-order valence-electron chi connectivity index (χ3n) is 3.45. The number of ether oxygens (including phenoxy) is 1. The Morgan fingerprint density at radius 2 is 1.92 bits per heavy atom. The van der Waals surface area contributed by atoms with Crippen molar-refractivity contribution < 1.29 is 19.7 Å². The van der Waals surface area contributed by atoms with Gasteiger partial charge in [0.2, 0.25) is 5.88 Å². The second kappa shape index (κ2) is 9.87. The molecule has 138 valence electrons. The highest BCUT2D eigenvalue weighted by atomic mass is 32.2. The number of thioether (sulfide) groups is 1. The third-order valence-corrected chi connectivity index (χ3v) is 4.59. The number of rotatable bonds is 10. The molecule has 24 heavy (non-hydrogen) atoms. The van der Waals surface area contributed by atoms with Crippen molar-refractivity contribution in [2.75, 3.05) is 6.61 Å². The van der Waals surface area contributed by atoms with Crippen LogP contribution in [0.25, 0.3) is 0 Å². The zero-order chi connectivity index (χ0) is 18.2. The number of nitrogens with zero attached hydrogens (tertiary/aromatic N) is 1. The minimum atomic E-state index is -0.140. The Kier molecular flexibility index (Phi) is 8.53. The van der Waals surface area contributed by atoms with Crippen molar-refractivity contribution in [3.8, 4) is 11.8 Å². The number of carbonyl (C=O) groups excluding carboxylic acids is 1. The molecule has 0 amide bonds. The molecule has 0 spiro atoms. The molecule has 0 aliphatic carbocycles. The van der Waals surface area contributed by atoms with E-state index in [0.29, 0.717) is 24.5 Å². The average Bonchev–Trinajstić information content (AvgIpc) is 2.72. The van der Waals surface area contributed by atoms with Crippen LogP contribution in [-0.4, -0.2) is 32.1 Å². The van der Waals surface area contributed by atoms with Gasteiger partial charge >= 0.3 is 5.97 Å². The van der Waals surface area contributed by atoms with Gasteiger partial charge in [0, 0.05) is 23.8 Å². The molecule has 0 bridgehead atoms. The predicted molar refractivity (Wildman–Crippen MR) is 97.7 cm³/mol. The summed E-state index contributed by atoms with van der Waals surface area (Å²) >= 11 is 1.53. The molecule has 1 aromatic rings. The van der Waals surface area contributed by atoms with Crippen LogP contribution in [0.5, 0.6) is 11.8 Å². The molecule has 0 aliphatic rings. The summed E-state index contributed by atoms with van der Waals surface area (Å²) in [5.74, 6) is 0.0589. The van der Waals surface area contributed by atoms with Crippen molar-refractivity contribution in [2.24, 2.45) is 0 Å². The van der Waals surface area contributed by atoms with Crippen LogP contribution in [0.3, 0.4) is 0 Å². The summed E-state index contributed by atoms with van der Waals surface area (Å²) in [6, 6.07) is 1.61. The molecule has 0 unspecified atom stereocenters. The van der Waals surface area contributed by atoms with Gasteiger partial charge < -0.3 is 14.9 Å². The highest BCUT2D eigenvalue weighted by molar-refractivity contribution is 8.00. The zero-order valence-corrected chi connectivity index (χ0v) is 16.1. The first kappa shape index (κ1) is 20.7. The highest BCUT2D eigenvalue weighted by Gasteiger charge is 2.20. The minimum absolute atomic E-state index is 0.0335. The summed E-state index contributed by atoms with van der Waals surface area (Å²) < 4.78 is 6.60. The first-order valence-corrected chi connectivity index (χ1v) is 9.52. The lowest BCUT2D eigenvalue weighted by molar-refractivity contribution is -0.143. The maximum absolute atomic E-state index is 11.5. The fourth-order valence-electron chi connectivity index (χ4n) is 2.25. The molecular weight excluding hydrogens is 326 g/mol. The highest BCUT2D eigenvalue weighted by Crippen LogP contribution is 2.41. The fraction of sp³-hybridized carbons (Fsp3) is 0.722. The van der Waals surface area contributed by atoms with E-state index in [0.717, 1.165) is 32.1 Å². The van der Waals surface area contributed by atoms with Crippen molar-refractivity contribution in [1.82, 2.24) is 4.57 Å². The summed E-state index contributed by atoms with van der Waals surface area (Å²) in [5, 5.41) is 20.2. The topological polar surface area (TPSA) is 71.7 Å². The summed E-state index contributed by atoms with van der Waals surface area (Å²) in [6.07, 6.45) is 4.76. The second-order valence-corrected chi connectivity index (χ2v) is 8.81. The molecule has 6 heteroatoms. The van der Waals surface area contributed by atoms with Crippen molar-refractivity contribution in [3.63, 3.8) is 0 Å². The van der Waals surface area contributed by atoms with E-state index in [4.69, 9.17) is 4.74 Å². The van der Waals surface area contributed by atoms with E-state index in [-0.39, 0.29) is 22.5 Å². The molecule has 1 aromatic heterocycles. The maximum Gasteiger partial charge on any atom is 0.305 e. The van der Waals surface area contributed by atoms with Crippen LogP contribution in [0.4, 0.5) is 0 Å². The van der Waals surface area contributed by atoms with Crippen molar-refractivity contribution in [2.45, 2.75) is 82.4 Å². The molecule has 0 radical (unpaired) electrons.